The Balaban J connectivity index is 1.97. The summed E-state index contributed by atoms with van der Waals surface area (Å²) in [4.78, 5) is 35.6. The minimum atomic E-state index is -0.742. The van der Waals surface area contributed by atoms with E-state index in [0.717, 1.165) is 16.0 Å². The number of hydrogen-bond donors (Lipinski definition) is 2. The van der Waals surface area contributed by atoms with Gasteiger partial charge in [-0.2, -0.15) is 0 Å². The van der Waals surface area contributed by atoms with E-state index in [-0.39, 0.29) is 9.90 Å². The Hall–Kier alpha value is -1.83. The average Bonchev–Trinajstić information content (AvgIpc) is 2.79. The SMILES string of the molecule is CC(C)(C)NC(=O)NC(=O)COC(=O)c1sc2cc(Cl)ccc2c1Cl. The highest BCUT2D eigenvalue weighted by Gasteiger charge is 2.21. The highest BCUT2D eigenvalue weighted by molar-refractivity contribution is 7.21. The number of benzene rings is 1. The number of carbonyl (C=O) groups excluding carboxylic acids is 3. The summed E-state index contributed by atoms with van der Waals surface area (Å²) in [6.45, 7) is 4.72. The summed E-state index contributed by atoms with van der Waals surface area (Å²) in [5, 5.41) is 6.08. The normalized spacial score (nSPS) is 11.2. The summed E-state index contributed by atoms with van der Waals surface area (Å²) in [5.41, 5.74) is -0.493. The van der Waals surface area contributed by atoms with Crippen LogP contribution >= 0.6 is 34.5 Å². The summed E-state index contributed by atoms with van der Waals surface area (Å²) >= 11 is 13.2. The molecule has 0 radical (unpaired) electrons. The van der Waals surface area contributed by atoms with Gasteiger partial charge in [0.1, 0.15) is 4.88 Å². The summed E-state index contributed by atoms with van der Waals surface area (Å²) < 4.78 is 5.66. The Labute approximate surface area is 158 Å². The van der Waals surface area contributed by atoms with Crippen molar-refractivity contribution in [1.82, 2.24) is 10.6 Å². The molecule has 25 heavy (non-hydrogen) atoms. The topological polar surface area (TPSA) is 84.5 Å². The van der Waals surface area contributed by atoms with Crippen LogP contribution in [-0.4, -0.2) is 30.1 Å². The number of carbonyl (C=O) groups is 3. The monoisotopic (exact) mass is 402 g/mol. The molecule has 1 aromatic carbocycles. The largest absolute Gasteiger partial charge is 0.451 e. The number of hydrogen-bond acceptors (Lipinski definition) is 5. The van der Waals surface area contributed by atoms with E-state index in [2.05, 4.69) is 10.6 Å². The van der Waals surface area contributed by atoms with Gasteiger partial charge in [0, 0.05) is 20.6 Å². The van der Waals surface area contributed by atoms with Gasteiger partial charge in [0.05, 0.1) is 5.02 Å². The second kappa shape index (κ2) is 7.59. The van der Waals surface area contributed by atoms with E-state index in [9.17, 15) is 14.4 Å². The fourth-order valence-corrected chi connectivity index (χ4v) is 3.58. The number of nitrogens with one attached hydrogen (secondary N) is 2. The quantitative estimate of drug-likeness (QED) is 0.759. The maximum Gasteiger partial charge on any atom is 0.350 e. The van der Waals surface area contributed by atoms with E-state index >= 15 is 0 Å². The summed E-state index contributed by atoms with van der Waals surface area (Å²) in [6.07, 6.45) is 0. The van der Waals surface area contributed by atoms with Crippen molar-refractivity contribution in [2.75, 3.05) is 6.61 Å². The first-order valence-electron chi connectivity index (χ1n) is 7.23. The van der Waals surface area contributed by atoms with E-state index < -0.39 is 30.1 Å². The van der Waals surface area contributed by atoms with Crippen LogP contribution < -0.4 is 10.6 Å². The van der Waals surface area contributed by atoms with Crippen molar-refractivity contribution in [3.05, 3.63) is 33.1 Å². The molecule has 0 unspecified atom stereocenters. The Morgan fingerprint density at radius 3 is 2.52 bits per heavy atom. The molecular formula is C16H16Cl2N2O4S. The zero-order valence-corrected chi connectivity index (χ0v) is 16.1. The summed E-state index contributed by atoms with van der Waals surface area (Å²) in [7, 11) is 0. The number of fused-ring (bicyclic) bond motifs is 1. The molecule has 0 spiro atoms. The Morgan fingerprint density at radius 1 is 1.20 bits per heavy atom. The minimum Gasteiger partial charge on any atom is -0.451 e. The van der Waals surface area contributed by atoms with Crippen LogP contribution in [0.5, 0.6) is 0 Å². The van der Waals surface area contributed by atoms with E-state index in [0.29, 0.717) is 10.4 Å². The van der Waals surface area contributed by atoms with Crippen molar-refractivity contribution in [3.63, 3.8) is 0 Å². The molecule has 0 aliphatic heterocycles. The fourth-order valence-electron chi connectivity index (χ4n) is 1.90. The predicted octanol–water partition coefficient (Wildman–Crippen LogP) is 3.99. The van der Waals surface area contributed by atoms with E-state index in [1.165, 1.54) is 0 Å². The molecule has 3 amide bonds. The van der Waals surface area contributed by atoms with Gasteiger partial charge in [-0.05, 0) is 32.9 Å². The van der Waals surface area contributed by atoms with Crippen LogP contribution in [-0.2, 0) is 9.53 Å². The van der Waals surface area contributed by atoms with Crippen LogP contribution in [0.4, 0.5) is 4.79 Å². The maximum absolute atomic E-state index is 12.1. The van der Waals surface area contributed by atoms with Crippen molar-refractivity contribution in [3.8, 4) is 0 Å². The Bertz CT molecular complexity index is 843. The first-order chi connectivity index (χ1) is 11.6. The number of imide groups is 1. The van der Waals surface area contributed by atoms with Crippen molar-refractivity contribution >= 4 is 62.5 Å². The van der Waals surface area contributed by atoms with Gasteiger partial charge in [0.2, 0.25) is 0 Å². The van der Waals surface area contributed by atoms with Crippen molar-refractivity contribution in [1.29, 1.82) is 0 Å². The molecule has 2 aromatic rings. The van der Waals surface area contributed by atoms with Crippen LogP contribution in [0.25, 0.3) is 10.1 Å². The molecule has 0 fully saturated rings. The lowest BCUT2D eigenvalue weighted by Crippen LogP contribution is -2.49. The van der Waals surface area contributed by atoms with E-state index in [1.54, 1.807) is 39.0 Å². The van der Waals surface area contributed by atoms with Gasteiger partial charge in [-0.3, -0.25) is 10.1 Å². The minimum absolute atomic E-state index is 0.172. The standard InChI is InChI=1S/C16H16Cl2N2O4S/c1-16(2,3)20-15(23)19-11(21)7-24-14(22)13-12(18)9-5-4-8(17)6-10(9)25-13/h4-6H,7H2,1-3H3,(H2,19,20,21,23). The number of halogens is 2. The maximum atomic E-state index is 12.1. The molecule has 2 rings (SSSR count). The number of esters is 1. The van der Waals surface area contributed by atoms with Gasteiger partial charge in [-0.25, -0.2) is 9.59 Å². The lowest BCUT2D eigenvalue weighted by atomic mass is 10.1. The second-order valence-electron chi connectivity index (χ2n) is 6.21. The van der Waals surface area contributed by atoms with Crippen molar-refractivity contribution < 1.29 is 19.1 Å². The molecule has 0 atom stereocenters. The zero-order chi connectivity index (χ0) is 18.8. The first kappa shape index (κ1) is 19.5. The van der Waals surface area contributed by atoms with E-state index in [4.69, 9.17) is 27.9 Å². The van der Waals surface area contributed by atoms with Crippen LogP contribution in [0.2, 0.25) is 10.0 Å². The van der Waals surface area contributed by atoms with Crippen LogP contribution in [0.1, 0.15) is 30.4 Å². The molecule has 134 valence electrons. The van der Waals surface area contributed by atoms with Gasteiger partial charge < -0.3 is 10.1 Å². The molecule has 2 N–H and O–H groups in total. The van der Waals surface area contributed by atoms with Gasteiger partial charge in [0.25, 0.3) is 5.91 Å². The molecule has 0 saturated heterocycles. The fraction of sp³-hybridized carbons (Fsp3) is 0.312. The highest BCUT2D eigenvalue weighted by atomic mass is 35.5. The number of rotatable bonds is 3. The predicted molar refractivity (Wildman–Crippen MR) is 98.6 cm³/mol. The van der Waals surface area contributed by atoms with Gasteiger partial charge in [-0.15, -0.1) is 11.3 Å². The first-order valence-corrected chi connectivity index (χ1v) is 8.81. The third-order valence-corrected chi connectivity index (χ3v) is 4.73. The summed E-state index contributed by atoms with van der Waals surface area (Å²) in [5.74, 6) is -1.48. The summed E-state index contributed by atoms with van der Waals surface area (Å²) in [6, 6.07) is 4.40. The smallest absolute Gasteiger partial charge is 0.350 e. The lowest BCUT2D eigenvalue weighted by molar-refractivity contribution is -0.123. The Morgan fingerprint density at radius 2 is 1.88 bits per heavy atom. The number of ether oxygens (including phenoxy) is 1. The average molecular weight is 403 g/mol. The van der Waals surface area contributed by atoms with Crippen LogP contribution in [0, 0.1) is 0 Å². The molecule has 0 saturated carbocycles. The third kappa shape index (κ3) is 5.32. The molecule has 9 heteroatoms. The van der Waals surface area contributed by atoms with E-state index in [1.807, 2.05) is 0 Å². The lowest BCUT2D eigenvalue weighted by Gasteiger charge is -2.20. The molecule has 1 aromatic heterocycles. The van der Waals surface area contributed by atoms with Gasteiger partial charge in [-0.1, -0.05) is 29.3 Å². The molecular weight excluding hydrogens is 387 g/mol. The highest BCUT2D eigenvalue weighted by Crippen LogP contribution is 2.37. The third-order valence-electron chi connectivity index (χ3n) is 2.85. The van der Waals surface area contributed by atoms with Crippen molar-refractivity contribution in [2.45, 2.75) is 26.3 Å². The molecule has 6 nitrogen and oxygen atoms in total. The Kier molecular flexibility index (Phi) is 5.92. The zero-order valence-electron chi connectivity index (χ0n) is 13.7. The number of amides is 3. The van der Waals surface area contributed by atoms with Crippen molar-refractivity contribution in [2.24, 2.45) is 0 Å². The molecule has 0 bridgehead atoms. The van der Waals surface area contributed by atoms with Gasteiger partial charge >= 0.3 is 12.0 Å². The van der Waals surface area contributed by atoms with Crippen LogP contribution in [0.3, 0.4) is 0 Å². The molecule has 0 aliphatic carbocycles. The van der Waals surface area contributed by atoms with Crippen LogP contribution in [0.15, 0.2) is 18.2 Å². The molecule has 0 aliphatic rings. The van der Waals surface area contributed by atoms with Gasteiger partial charge in [0.15, 0.2) is 6.61 Å². The number of urea groups is 1. The molecule has 1 heterocycles. The second-order valence-corrected chi connectivity index (χ2v) is 8.08. The number of thiophene rings is 1.